The van der Waals surface area contributed by atoms with Gasteiger partial charge in [-0.25, -0.2) is 4.98 Å². The minimum Gasteiger partial charge on any atom is -0.248 e. The Bertz CT molecular complexity index is 175. The van der Waals surface area contributed by atoms with Gasteiger partial charge in [0, 0.05) is 5.38 Å². The van der Waals surface area contributed by atoms with E-state index in [9.17, 15) is 0 Å². The summed E-state index contributed by atoms with van der Waals surface area (Å²) in [6, 6.07) is 0. The summed E-state index contributed by atoms with van der Waals surface area (Å²) < 4.78 is 0.0347. The molecule has 0 unspecified atom stereocenters. The Hall–Kier alpha value is 0.110. The van der Waals surface area contributed by atoms with Gasteiger partial charge in [-0.2, -0.15) is 0 Å². The first kappa shape index (κ1) is 7.22. The van der Waals surface area contributed by atoms with Crippen LogP contribution < -0.4 is 0 Å². The fourth-order valence-electron chi connectivity index (χ4n) is 0.506. The maximum atomic E-state index is 4.16. The standard InChI is InChI=1S/C6H8BrNS/c1-6(2,7)5-3-9-4-8-5/h3-4H,1-2H3. The predicted molar refractivity (Wildman–Crippen MR) is 44.1 cm³/mol. The summed E-state index contributed by atoms with van der Waals surface area (Å²) in [5.74, 6) is 0. The topological polar surface area (TPSA) is 12.9 Å². The van der Waals surface area contributed by atoms with Crippen LogP contribution in [0.25, 0.3) is 0 Å². The number of nitrogens with zero attached hydrogens (tertiary/aromatic N) is 1. The van der Waals surface area contributed by atoms with Gasteiger partial charge in [-0.15, -0.1) is 11.3 Å². The van der Waals surface area contributed by atoms with E-state index in [1.807, 2.05) is 5.51 Å². The first-order valence-electron chi connectivity index (χ1n) is 2.68. The van der Waals surface area contributed by atoms with Crippen LogP contribution in [-0.2, 0) is 4.32 Å². The van der Waals surface area contributed by atoms with E-state index in [0.717, 1.165) is 5.69 Å². The van der Waals surface area contributed by atoms with E-state index >= 15 is 0 Å². The molecule has 1 aromatic rings. The molecule has 0 saturated carbocycles. The molecule has 50 valence electrons. The van der Waals surface area contributed by atoms with Crippen LogP contribution in [0.1, 0.15) is 19.5 Å². The lowest BCUT2D eigenvalue weighted by Gasteiger charge is -2.11. The molecule has 0 bridgehead atoms. The molecule has 1 heterocycles. The van der Waals surface area contributed by atoms with Crippen molar-refractivity contribution in [2.75, 3.05) is 0 Å². The summed E-state index contributed by atoms with van der Waals surface area (Å²) in [7, 11) is 0. The zero-order valence-electron chi connectivity index (χ0n) is 5.39. The Morgan fingerprint density at radius 2 is 2.33 bits per heavy atom. The molecule has 0 saturated heterocycles. The van der Waals surface area contributed by atoms with Crippen molar-refractivity contribution in [1.29, 1.82) is 0 Å². The average Bonchev–Trinajstić information content (AvgIpc) is 2.08. The second kappa shape index (κ2) is 2.39. The second-order valence-corrected chi connectivity index (χ2v) is 5.05. The fraction of sp³-hybridized carbons (Fsp3) is 0.500. The fourth-order valence-corrected chi connectivity index (χ4v) is 1.59. The van der Waals surface area contributed by atoms with E-state index in [-0.39, 0.29) is 4.32 Å². The Kier molecular flexibility index (Phi) is 1.91. The van der Waals surface area contributed by atoms with Crippen molar-refractivity contribution in [2.45, 2.75) is 18.2 Å². The van der Waals surface area contributed by atoms with E-state index in [4.69, 9.17) is 0 Å². The van der Waals surface area contributed by atoms with Gasteiger partial charge in [0.2, 0.25) is 0 Å². The Balaban J connectivity index is 2.90. The molecule has 0 aromatic carbocycles. The Labute approximate surface area is 67.3 Å². The Morgan fingerprint density at radius 3 is 2.56 bits per heavy atom. The number of rotatable bonds is 1. The molecule has 0 N–H and O–H groups in total. The van der Waals surface area contributed by atoms with E-state index < -0.39 is 0 Å². The second-order valence-electron chi connectivity index (χ2n) is 2.35. The van der Waals surface area contributed by atoms with Crippen molar-refractivity contribution >= 4 is 27.3 Å². The van der Waals surface area contributed by atoms with Gasteiger partial charge in [-0.3, -0.25) is 0 Å². The first-order chi connectivity index (χ1) is 4.11. The van der Waals surface area contributed by atoms with Crippen LogP contribution in [-0.4, -0.2) is 4.98 Å². The van der Waals surface area contributed by atoms with Crippen molar-refractivity contribution in [3.05, 3.63) is 16.6 Å². The summed E-state index contributed by atoms with van der Waals surface area (Å²) in [6.07, 6.45) is 0. The molecule has 1 nitrogen and oxygen atoms in total. The molecule has 3 heteroatoms. The maximum absolute atomic E-state index is 4.16. The smallest absolute Gasteiger partial charge is 0.0795 e. The zero-order valence-corrected chi connectivity index (χ0v) is 7.79. The van der Waals surface area contributed by atoms with Gasteiger partial charge >= 0.3 is 0 Å². The summed E-state index contributed by atoms with van der Waals surface area (Å²) in [6.45, 7) is 4.17. The average molecular weight is 206 g/mol. The molecule has 0 fully saturated rings. The molecule has 0 radical (unpaired) electrons. The van der Waals surface area contributed by atoms with E-state index in [1.54, 1.807) is 11.3 Å². The van der Waals surface area contributed by atoms with Crippen LogP contribution in [0, 0.1) is 0 Å². The van der Waals surface area contributed by atoms with Crippen molar-refractivity contribution < 1.29 is 0 Å². The molecule has 0 spiro atoms. The number of halogens is 1. The summed E-state index contributed by atoms with van der Waals surface area (Å²) in [5.41, 5.74) is 2.95. The molecule has 0 aliphatic rings. The molecular weight excluding hydrogens is 198 g/mol. The molecule has 1 rings (SSSR count). The monoisotopic (exact) mass is 205 g/mol. The minimum atomic E-state index is 0.0347. The summed E-state index contributed by atoms with van der Waals surface area (Å²) in [5, 5.41) is 2.05. The summed E-state index contributed by atoms with van der Waals surface area (Å²) in [4.78, 5) is 4.16. The summed E-state index contributed by atoms with van der Waals surface area (Å²) >= 11 is 5.14. The quantitative estimate of drug-likeness (QED) is 0.644. The number of aromatic nitrogens is 1. The lowest BCUT2D eigenvalue weighted by Crippen LogP contribution is -2.05. The normalized spacial score (nSPS) is 11.9. The third-order valence-corrected chi connectivity index (χ3v) is 2.03. The highest BCUT2D eigenvalue weighted by atomic mass is 79.9. The molecule has 0 aliphatic heterocycles. The third kappa shape index (κ3) is 1.76. The van der Waals surface area contributed by atoms with Crippen molar-refractivity contribution in [1.82, 2.24) is 4.98 Å². The maximum Gasteiger partial charge on any atom is 0.0795 e. The minimum absolute atomic E-state index is 0.0347. The number of hydrogen-bond acceptors (Lipinski definition) is 2. The molecule has 1 aromatic heterocycles. The van der Waals surface area contributed by atoms with Crippen LogP contribution in [0.4, 0.5) is 0 Å². The van der Waals surface area contributed by atoms with Gasteiger partial charge in [-0.05, 0) is 13.8 Å². The molecular formula is C6H8BrNS. The molecule has 0 amide bonds. The van der Waals surface area contributed by atoms with Crippen molar-refractivity contribution in [2.24, 2.45) is 0 Å². The highest BCUT2D eigenvalue weighted by Crippen LogP contribution is 2.28. The van der Waals surface area contributed by atoms with E-state index in [1.165, 1.54) is 0 Å². The van der Waals surface area contributed by atoms with Crippen LogP contribution in [0.5, 0.6) is 0 Å². The number of hydrogen-bond donors (Lipinski definition) is 0. The Morgan fingerprint density at radius 1 is 1.67 bits per heavy atom. The van der Waals surface area contributed by atoms with Crippen LogP contribution in [0.2, 0.25) is 0 Å². The van der Waals surface area contributed by atoms with Gasteiger partial charge in [0.1, 0.15) is 0 Å². The SMILES string of the molecule is CC(C)(Br)c1cscn1. The van der Waals surface area contributed by atoms with Crippen molar-refractivity contribution in [3.63, 3.8) is 0 Å². The highest BCUT2D eigenvalue weighted by Gasteiger charge is 2.16. The van der Waals surface area contributed by atoms with Gasteiger partial charge < -0.3 is 0 Å². The van der Waals surface area contributed by atoms with Gasteiger partial charge in [-0.1, -0.05) is 15.9 Å². The van der Waals surface area contributed by atoms with Crippen molar-refractivity contribution in [3.8, 4) is 0 Å². The highest BCUT2D eigenvalue weighted by molar-refractivity contribution is 9.09. The largest absolute Gasteiger partial charge is 0.248 e. The molecule has 9 heavy (non-hydrogen) atoms. The first-order valence-corrected chi connectivity index (χ1v) is 4.42. The lowest BCUT2D eigenvalue weighted by atomic mass is 10.2. The van der Waals surface area contributed by atoms with Crippen LogP contribution in [0.3, 0.4) is 0 Å². The van der Waals surface area contributed by atoms with Gasteiger partial charge in [0.15, 0.2) is 0 Å². The van der Waals surface area contributed by atoms with E-state index in [0.29, 0.717) is 0 Å². The van der Waals surface area contributed by atoms with E-state index in [2.05, 4.69) is 40.1 Å². The predicted octanol–water partition coefficient (Wildman–Crippen LogP) is 2.77. The lowest BCUT2D eigenvalue weighted by molar-refractivity contribution is 0.774. The molecule has 0 aliphatic carbocycles. The third-order valence-electron chi connectivity index (χ3n) is 1.04. The van der Waals surface area contributed by atoms with Crippen LogP contribution >= 0.6 is 27.3 Å². The van der Waals surface area contributed by atoms with Gasteiger partial charge in [0.05, 0.1) is 15.5 Å². The molecule has 0 atom stereocenters. The van der Waals surface area contributed by atoms with Gasteiger partial charge in [0.25, 0.3) is 0 Å². The number of alkyl halides is 1. The zero-order chi connectivity index (χ0) is 6.91. The number of thiazole rings is 1. The van der Waals surface area contributed by atoms with Crippen LogP contribution in [0.15, 0.2) is 10.9 Å².